The van der Waals surface area contributed by atoms with Crippen LogP contribution in [0.5, 0.6) is 0 Å². The van der Waals surface area contributed by atoms with Crippen molar-refractivity contribution < 1.29 is 9.72 Å². The van der Waals surface area contributed by atoms with Gasteiger partial charge in [0.1, 0.15) is 12.2 Å². The summed E-state index contributed by atoms with van der Waals surface area (Å²) in [6.45, 7) is 2.10. The SMILES string of the molecule is O=C(Cn1c2ccccc2c(=O)c2ccccc21)N1CCN(c2ccccc2[N+](=O)[O-])CC1. The fraction of sp³-hybridized carbons (Fsp3) is 0.200. The van der Waals surface area contributed by atoms with E-state index in [9.17, 15) is 19.7 Å². The van der Waals surface area contributed by atoms with Crippen LogP contribution < -0.4 is 10.3 Å². The molecule has 1 fully saturated rings. The monoisotopic (exact) mass is 442 g/mol. The predicted octanol–water partition coefficient (Wildman–Crippen LogP) is 3.41. The molecule has 0 aliphatic carbocycles. The number of nitro benzene ring substituents is 1. The molecule has 1 amide bonds. The lowest BCUT2D eigenvalue weighted by Crippen LogP contribution is -2.49. The normalized spacial score (nSPS) is 14.1. The molecule has 5 rings (SSSR count). The van der Waals surface area contributed by atoms with Crippen LogP contribution >= 0.6 is 0 Å². The summed E-state index contributed by atoms with van der Waals surface area (Å²) in [5, 5.41) is 12.5. The molecule has 2 heterocycles. The minimum absolute atomic E-state index is 0.0389. The summed E-state index contributed by atoms with van der Waals surface area (Å²) in [5.41, 5.74) is 2.07. The van der Waals surface area contributed by atoms with E-state index in [4.69, 9.17) is 0 Å². The lowest BCUT2D eigenvalue weighted by molar-refractivity contribution is -0.384. The molecular weight excluding hydrogens is 420 g/mol. The standard InChI is InChI=1S/C25H22N4O4/c30-24(27-15-13-26(14-16-27)22-11-5-6-12-23(22)29(32)33)17-28-20-9-3-1-7-18(20)25(31)19-8-2-4-10-21(19)28/h1-12H,13-17H2. The second kappa shape index (κ2) is 8.38. The van der Waals surface area contributed by atoms with Crippen molar-refractivity contribution in [2.24, 2.45) is 0 Å². The van der Waals surface area contributed by atoms with E-state index in [-0.39, 0.29) is 28.5 Å². The number of para-hydroxylation sites is 4. The third kappa shape index (κ3) is 3.69. The van der Waals surface area contributed by atoms with Crippen molar-refractivity contribution >= 4 is 39.1 Å². The number of aromatic nitrogens is 1. The maximum absolute atomic E-state index is 13.3. The van der Waals surface area contributed by atoms with Crippen LogP contribution in [0.4, 0.5) is 11.4 Å². The molecule has 1 aliphatic heterocycles. The number of rotatable bonds is 4. The smallest absolute Gasteiger partial charge is 0.292 e. The van der Waals surface area contributed by atoms with Gasteiger partial charge in [0.05, 0.1) is 16.0 Å². The zero-order valence-corrected chi connectivity index (χ0v) is 17.9. The highest BCUT2D eigenvalue weighted by Crippen LogP contribution is 2.28. The highest BCUT2D eigenvalue weighted by atomic mass is 16.6. The summed E-state index contributed by atoms with van der Waals surface area (Å²) in [6, 6.07) is 21.4. The van der Waals surface area contributed by atoms with Gasteiger partial charge in [0.2, 0.25) is 5.91 Å². The van der Waals surface area contributed by atoms with Gasteiger partial charge in [-0.1, -0.05) is 36.4 Å². The van der Waals surface area contributed by atoms with Crippen molar-refractivity contribution in [2.45, 2.75) is 6.54 Å². The number of benzene rings is 3. The molecule has 8 heteroatoms. The van der Waals surface area contributed by atoms with Crippen LogP contribution in [0.1, 0.15) is 0 Å². The van der Waals surface area contributed by atoms with Crippen LogP contribution in [0.3, 0.4) is 0 Å². The second-order valence-electron chi connectivity index (χ2n) is 8.06. The van der Waals surface area contributed by atoms with Gasteiger partial charge in [-0.3, -0.25) is 19.7 Å². The highest BCUT2D eigenvalue weighted by molar-refractivity contribution is 5.94. The Hall–Kier alpha value is -4.20. The average molecular weight is 442 g/mol. The number of piperazine rings is 1. The molecular formula is C25H22N4O4. The van der Waals surface area contributed by atoms with Crippen molar-refractivity contribution in [1.82, 2.24) is 9.47 Å². The van der Waals surface area contributed by atoms with Crippen LogP contribution in [-0.2, 0) is 11.3 Å². The quantitative estimate of drug-likeness (QED) is 0.275. The molecule has 0 N–H and O–H groups in total. The molecule has 8 nitrogen and oxygen atoms in total. The summed E-state index contributed by atoms with van der Waals surface area (Å²) in [7, 11) is 0. The first-order valence-electron chi connectivity index (χ1n) is 10.8. The van der Waals surface area contributed by atoms with Gasteiger partial charge in [-0.25, -0.2) is 0 Å². The van der Waals surface area contributed by atoms with E-state index in [1.807, 2.05) is 45.9 Å². The lowest BCUT2D eigenvalue weighted by atomic mass is 10.1. The Kier molecular flexibility index (Phi) is 5.26. The van der Waals surface area contributed by atoms with Gasteiger partial charge in [-0.05, 0) is 30.3 Å². The summed E-state index contributed by atoms with van der Waals surface area (Å²) < 4.78 is 1.91. The maximum atomic E-state index is 13.3. The molecule has 1 saturated heterocycles. The Bertz CT molecular complexity index is 1380. The molecule has 3 aromatic carbocycles. The van der Waals surface area contributed by atoms with Crippen molar-refractivity contribution in [3.8, 4) is 0 Å². The van der Waals surface area contributed by atoms with Crippen molar-refractivity contribution in [2.75, 3.05) is 31.1 Å². The molecule has 0 bridgehead atoms. The molecule has 33 heavy (non-hydrogen) atoms. The molecule has 1 aliphatic rings. The van der Waals surface area contributed by atoms with E-state index in [0.29, 0.717) is 42.6 Å². The van der Waals surface area contributed by atoms with Gasteiger partial charge in [0.25, 0.3) is 5.69 Å². The summed E-state index contributed by atoms with van der Waals surface area (Å²) in [6.07, 6.45) is 0. The first-order chi connectivity index (χ1) is 16.0. The van der Waals surface area contributed by atoms with Gasteiger partial charge >= 0.3 is 0 Å². The molecule has 0 spiro atoms. The third-order valence-corrected chi connectivity index (χ3v) is 6.22. The summed E-state index contributed by atoms with van der Waals surface area (Å²) in [5.74, 6) is -0.0452. The number of hydrogen-bond donors (Lipinski definition) is 0. The summed E-state index contributed by atoms with van der Waals surface area (Å²) >= 11 is 0. The number of carbonyl (C=O) groups excluding carboxylic acids is 1. The van der Waals surface area contributed by atoms with Gasteiger partial charge in [-0.15, -0.1) is 0 Å². The zero-order valence-electron chi connectivity index (χ0n) is 17.9. The molecule has 0 radical (unpaired) electrons. The van der Waals surface area contributed by atoms with Crippen LogP contribution in [0, 0.1) is 10.1 Å². The Balaban J connectivity index is 1.40. The van der Waals surface area contributed by atoms with Gasteiger partial charge in [0, 0.05) is 43.0 Å². The third-order valence-electron chi connectivity index (χ3n) is 6.22. The summed E-state index contributed by atoms with van der Waals surface area (Å²) in [4.78, 5) is 40.9. The fourth-order valence-corrected chi connectivity index (χ4v) is 4.57. The fourth-order valence-electron chi connectivity index (χ4n) is 4.57. The van der Waals surface area contributed by atoms with E-state index in [1.54, 1.807) is 35.2 Å². The zero-order chi connectivity index (χ0) is 22.9. The van der Waals surface area contributed by atoms with E-state index in [1.165, 1.54) is 6.07 Å². The predicted molar refractivity (Wildman–Crippen MR) is 128 cm³/mol. The number of carbonyl (C=O) groups is 1. The lowest BCUT2D eigenvalue weighted by Gasteiger charge is -2.36. The van der Waals surface area contributed by atoms with Crippen LogP contribution in [-0.4, -0.2) is 46.5 Å². The number of amides is 1. The van der Waals surface area contributed by atoms with E-state index < -0.39 is 0 Å². The van der Waals surface area contributed by atoms with E-state index in [0.717, 1.165) is 11.0 Å². The van der Waals surface area contributed by atoms with Gasteiger partial charge < -0.3 is 14.4 Å². The Morgan fingerprint density at radius 1 is 0.818 bits per heavy atom. The second-order valence-corrected chi connectivity index (χ2v) is 8.06. The molecule has 0 unspecified atom stereocenters. The topological polar surface area (TPSA) is 88.7 Å². The molecule has 4 aromatic rings. The molecule has 0 saturated carbocycles. The average Bonchev–Trinajstić information content (AvgIpc) is 2.86. The Morgan fingerprint density at radius 2 is 1.36 bits per heavy atom. The number of pyridine rings is 1. The first kappa shape index (κ1) is 20.7. The number of anilines is 1. The number of fused-ring (bicyclic) bond motifs is 2. The van der Waals surface area contributed by atoms with E-state index in [2.05, 4.69) is 0 Å². The molecule has 0 atom stereocenters. The Labute approximate surface area is 189 Å². The Morgan fingerprint density at radius 3 is 1.97 bits per heavy atom. The van der Waals surface area contributed by atoms with Gasteiger partial charge in [0.15, 0.2) is 5.43 Å². The van der Waals surface area contributed by atoms with Crippen molar-refractivity contribution in [1.29, 1.82) is 0 Å². The van der Waals surface area contributed by atoms with Crippen LogP contribution in [0.15, 0.2) is 77.6 Å². The number of hydrogen-bond acceptors (Lipinski definition) is 5. The van der Waals surface area contributed by atoms with Crippen molar-refractivity contribution in [3.63, 3.8) is 0 Å². The molecule has 1 aromatic heterocycles. The number of nitrogens with zero attached hydrogens (tertiary/aromatic N) is 4. The van der Waals surface area contributed by atoms with Gasteiger partial charge in [-0.2, -0.15) is 0 Å². The van der Waals surface area contributed by atoms with Crippen molar-refractivity contribution in [3.05, 3.63) is 93.1 Å². The first-order valence-corrected chi connectivity index (χ1v) is 10.8. The maximum Gasteiger partial charge on any atom is 0.292 e. The minimum atomic E-state index is -0.376. The van der Waals surface area contributed by atoms with E-state index >= 15 is 0 Å². The highest BCUT2D eigenvalue weighted by Gasteiger charge is 2.26. The largest absolute Gasteiger partial charge is 0.362 e. The minimum Gasteiger partial charge on any atom is -0.362 e. The molecule has 166 valence electrons. The number of nitro groups is 1. The van der Waals surface area contributed by atoms with Crippen LogP contribution in [0.25, 0.3) is 21.8 Å². The van der Waals surface area contributed by atoms with Crippen LogP contribution in [0.2, 0.25) is 0 Å².